The standard InChI is InChI=1S/C21H25FN2O3/c1-15-6-5-8-17(19(15)22)20(21(25)26)24-12-10-23(11-13-24)14-16-7-3-4-9-18(16)27-2/h3-9,20H,10-14H2,1-2H3,(H,25,26). The molecule has 0 spiro atoms. The largest absolute Gasteiger partial charge is 0.496 e. The molecule has 144 valence electrons. The highest BCUT2D eigenvalue weighted by atomic mass is 19.1. The fourth-order valence-corrected chi connectivity index (χ4v) is 3.62. The van der Waals surface area contributed by atoms with Gasteiger partial charge in [0.1, 0.15) is 17.6 Å². The number of hydrogen-bond acceptors (Lipinski definition) is 4. The third-order valence-electron chi connectivity index (χ3n) is 5.11. The molecule has 1 heterocycles. The lowest BCUT2D eigenvalue weighted by Gasteiger charge is -2.38. The zero-order valence-corrected chi connectivity index (χ0v) is 15.7. The lowest BCUT2D eigenvalue weighted by atomic mass is 10.0. The molecule has 5 nitrogen and oxygen atoms in total. The van der Waals surface area contributed by atoms with Crippen molar-refractivity contribution in [2.75, 3.05) is 33.3 Å². The summed E-state index contributed by atoms with van der Waals surface area (Å²) in [5, 5.41) is 9.73. The van der Waals surface area contributed by atoms with E-state index < -0.39 is 17.8 Å². The molecule has 0 bridgehead atoms. The first kappa shape index (κ1) is 19.3. The Balaban J connectivity index is 1.69. The summed E-state index contributed by atoms with van der Waals surface area (Å²) in [7, 11) is 1.66. The van der Waals surface area contributed by atoms with Crippen molar-refractivity contribution in [3.8, 4) is 5.75 Å². The summed E-state index contributed by atoms with van der Waals surface area (Å²) in [5.41, 5.74) is 1.81. The van der Waals surface area contributed by atoms with E-state index in [1.807, 2.05) is 29.2 Å². The molecule has 1 aliphatic rings. The summed E-state index contributed by atoms with van der Waals surface area (Å²) >= 11 is 0. The molecule has 2 aromatic carbocycles. The zero-order chi connectivity index (χ0) is 19.4. The Hall–Kier alpha value is -2.44. The van der Waals surface area contributed by atoms with Crippen LogP contribution in [-0.4, -0.2) is 54.2 Å². The first-order valence-electron chi connectivity index (χ1n) is 9.07. The van der Waals surface area contributed by atoms with E-state index in [9.17, 15) is 14.3 Å². The van der Waals surface area contributed by atoms with Crippen molar-refractivity contribution < 1.29 is 19.0 Å². The van der Waals surface area contributed by atoms with Gasteiger partial charge in [0.15, 0.2) is 0 Å². The number of aryl methyl sites for hydroxylation is 1. The van der Waals surface area contributed by atoms with Gasteiger partial charge in [0.2, 0.25) is 0 Å². The average Bonchev–Trinajstić information content (AvgIpc) is 2.67. The normalized spacial score (nSPS) is 16.9. The van der Waals surface area contributed by atoms with Crippen molar-refractivity contribution in [2.24, 2.45) is 0 Å². The van der Waals surface area contributed by atoms with Crippen molar-refractivity contribution in [1.29, 1.82) is 0 Å². The Kier molecular flexibility index (Phi) is 6.08. The van der Waals surface area contributed by atoms with Crippen LogP contribution in [0, 0.1) is 12.7 Å². The number of rotatable bonds is 6. The predicted octanol–water partition coefficient (Wildman–Crippen LogP) is 3.09. The van der Waals surface area contributed by atoms with E-state index in [-0.39, 0.29) is 5.56 Å². The van der Waals surface area contributed by atoms with Crippen LogP contribution in [0.2, 0.25) is 0 Å². The van der Waals surface area contributed by atoms with Crippen molar-refractivity contribution in [3.63, 3.8) is 0 Å². The second-order valence-electron chi connectivity index (χ2n) is 6.84. The van der Waals surface area contributed by atoms with Crippen LogP contribution in [-0.2, 0) is 11.3 Å². The zero-order valence-electron chi connectivity index (χ0n) is 15.7. The number of benzene rings is 2. The summed E-state index contributed by atoms with van der Waals surface area (Å²) < 4.78 is 19.9. The van der Waals surface area contributed by atoms with E-state index in [0.717, 1.165) is 30.9 Å². The first-order chi connectivity index (χ1) is 13.0. The van der Waals surface area contributed by atoms with E-state index in [0.29, 0.717) is 18.7 Å². The number of aliphatic carboxylic acids is 1. The molecule has 0 aliphatic carbocycles. The fourth-order valence-electron chi connectivity index (χ4n) is 3.62. The van der Waals surface area contributed by atoms with E-state index >= 15 is 0 Å². The van der Waals surface area contributed by atoms with Gasteiger partial charge < -0.3 is 9.84 Å². The third kappa shape index (κ3) is 4.28. The lowest BCUT2D eigenvalue weighted by molar-refractivity contribution is -0.144. The summed E-state index contributed by atoms with van der Waals surface area (Å²) in [4.78, 5) is 16.0. The second-order valence-corrected chi connectivity index (χ2v) is 6.84. The maximum absolute atomic E-state index is 14.5. The van der Waals surface area contributed by atoms with Crippen LogP contribution in [0.3, 0.4) is 0 Å². The SMILES string of the molecule is COc1ccccc1CN1CCN(C(C(=O)O)c2cccc(C)c2F)CC1. The van der Waals surface area contributed by atoms with Gasteiger partial charge >= 0.3 is 5.97 Å². The Labute approximate surface area is 159 Å². The van der Waals surface area contributed by atoms with Crippen LogP contribution >= 0.6 is 0 Å². The summed E-state index contributed by atoms with van der Waals surface area (Å²) in [5.74, 6) is -0.593. The number of hydrogen-bond donors (Lipinski definition) is 1. The molecule has 1 fully saturated rings. The molecule has 1 unspecified atom stereocenters. The fraction of sp³-hybridized carbons (Fsp3) is 0.381. The number of carboxylic acids is 1. The van der Waals surface area contributed by atoms with Crippen molar-refractivity contribution in [3.05, 3.63) is 65.0 Å². The van der Waals surface area contributed by atoms with Crippen LogP contribution in [0.1, 0.15) is 22.7 Å². The quantitative estimate of drug-likeness (QED) is 0.845. The molecule has 0 radical (unpaired) electrons. The minimum absolute atomic E-state index is 0.237. The number of piperazine rings is 1. The number of methoxy groups -OCH3 is 1. The van der Waals surface area contributed by atoms with E-state index in [2.05, 4.69) is 4.90 Å². The van der Waals surface area contributed by atoms with Crippen molar-refractivity contribution >= 4 is 5.97 Å². The highest BCUT2D eigenvalue weighted by Gasteiger charge is 2.32. The monoisotopic (exact) mass is 372 g/mol. The number of carboxylic acid groups (broad SMARTS) is 1. The molecule has 27 heavy (non-hydrogen) atoms. The number of ether oxygens (including phenoxy) is 1. The number of carbonyl (C=O) groups is 1. The van der Waals surface area contributed by atoms with Gasteiger partial charge in [-0.1, -0.05) is 36.4 Å². The molecular formula is C21H25FN2O3. The summed E-state index contributed by atoms with van der Waals surface area (Å²) in [6, 6.07) is 11.9. The first-order valence-corrected chi connectivity index (χ1v) is 9.07. The number of para-hydroxylation sites is 1. The van der Waals surface area contributed by atoms with Gasteiger partial charge in [-0.2, -0.15) is 0 Å². The van der Waals surface area contributed by atoms with Gasteiger partial charge in [-0.15, -0.1) is 0 Å². The molecule has 1 N–H and O–H groups in total. The molecule has 1 saturated heterocycles. The minimum atomic E-state index is -1.02. The Bertz CT molecular complexity index is 804. The second kappa shape index (κ2) is 8.50. The maximum atomic E-state index is 14.5. The molecule has 1 atom stereocenters. The van der Waals surface area contributed by atoms with Gasteiger partial charge in [-0.3, -0.25) is 14.6 Å². The van der Waals surface area contributed by atoms with Gasteiger partial charge in [0.05, 0.1) is 7.11 Å². The van der Waals surface area contributed by atoms with Crippen molar-refractivity contribution in [2.45, 2.75) is 19.5 Å². The molecule has 1 aliphatic heterocycles. The lowest BCUT2D eigenvalue weighted by Crippen LogP contribution is -2.49. The van der Waals surface area contributed by atoms with Crippen LogP contribution in [0.15, 0.2) is 42.5 Å². The molecule has 3 rings (SSSR count). The van der Waals surface area contributed by atoms with Crippen LogP contribution in [0.4, 0.5) is 4.39 Å². The summed E-state index contributed by atoms with van der Waals surface area (Å²) in [6.07, 6.45) is 0. The molecular weight excluding hydrogens is 347 g/mol. The van der Waals surface area contributed by atoms with Crippen LogP contribution in [0.25, 0.3) is 0 Å². The topological polar surface area (TPSA) is 53.0 Å². The Morgan fingerprint density at radius 2 is 1.85 bits per heavy atom. The maximum Gasteiger partial charge on any atom is 0.325 e. The van der Waals surface area contributed by atoms with Gasteiger partial charge in [0, 0.05) is 43.9 Å². The van der Waals surface area contributed by atoms with E-state index in [4.69, 9.17) is 4.74 Å². The van der Waals surface area contributed by atoms with Gasteiger partial charge in [0.25, 0.3) is 0 Å². The minimum Gasteiger partial charge on any atom is -0.496 e. The van der Waals surface area contributed by atoms with Gasteiger partial charge in [-0.05, 0) is 18.6 Å². The molecule has 0 amide bonds. The van der Waals surface area contributed by atoms with Crippen LogP contribution < -0.4 is 4.74 Å². The molecule has 2 aromatic rings. The molecule has 0 saturated carbocycles. The molecule has 6 heteroatoms. The Morgan fingerprint density at radius 1 is 1.15 bits per heavy atom. The highest BCUT2D eigenvalue weighted by molar-refractivity contribution is 5.75. The van der Waals surface area contributed by atoms with E-state index in [1.54, 1.807) is 32.2 Å². The Morgan fingerprint density at radius 3 is 2.52 bits per heavy atom. The highest BCUT2D eigenvalue weighted by Crippen LogP contribution is 2.27. The third-order valence-corrected chi connectivity index (χ3v) is 5.11. The smallest absolute Gasteiger partial charge is 0.325 e. The average molecular weight is 372 g/mol. The van der Waals surface area contributed by atoms with Gasteiger partial charge in [-0.25, -0.2) is 4.39 Å². The van der Waals surface area contributed by atoms with Crippen molar-refractivity contribution in [1.82, 2.24) is 9.80 Å². The predicted molar refractivity (Wildman–Crippen MR) is 101 cm³/mol. The van der Waals surface area contributed by atoms with E-state index in [1.165, 1.54) is 0 Å². The summed E-state index contributed by atoms with van der Waals surface area (Å²) in [6.45, 7) is 4.97. The number of nitrogens with zero attached hydrogens (tertiary/aromatic N) is 2. The van der Waals surface area contributed by atoms with Crippen LogP contribution in [0.5, 0.6) is 5.75 Å². The number of halogens is 1. The molecule has 0 aromatic heterocycles.